The van der Waals surface area contributed by atoms with Gasteiger partial charge in [0.1, 0.15) is 15.8 Å². The molecule has 0 radical (unpaired) electrons. The van der Waals surface area contributed by atoms with E-state index in [-0.39, 0.29) is 16.4 Å². The molecular weight excluding hydrogens is 412 g/mol. The van der Waals surface area contributed by atoms with Crippen LogP contribution in [0.5, 0.6) is 0 Å². The van der Waals surface area contributed by atoms with Crippen LogP contribution in [-0.2, 0) is 22.7 Å². The number of benzene rings is 2. The number of pyridine rings is 1. The van der Waals surface area contributed by atoms with E-state index in [0.29, 0.717) is 16.9 Å². The van der Waals surface area contributed by atoms with Crippen molar-refractivity contribution in [2.45, 2.75) is 17.1 Å². The first-order valence-corrected chi connectivity index (χ1v) is 11.5. The highest BCUT2D eigenvalue weighted by Gasteiger charge is 2.18. The molecule has 0 N–H and O–H groups in total. The Bertz CT molecular complexity index is 1280. The van der Waals surface area contributed by atoms with Gasteiger partial charge in [0.15, 0.2) is 9.84 Å². The maximum Gasteiger partial charge on any atom is 0.188 e. The molecular formula is C22H17F2NO2S2. The summed E-state index contributed by atoms with van der Waals surface area (Å²) in [4.78, 5) is 5.01. The summed E-state index contributed by atoms with van der Waals surface area (Å²) in [7, 11) is -3.47. The van der Waals surface area contributed by atoms with E-state index in [4.69, 9.17) is 0 Å². The number of para-hydroxylation sites is 1. The first-order valence-electron chi connectivity index (χ1n) is 9.00. The third-order valence-electron chi connectivity index (χ3n) is 4.70. The maximum atomic E-state index is 13.9. The Kier molecular flexibility index (Phi) is 5.43. The molecule has 0 spiro atoms. The maximum absolute atomic E-state index is 13.9. The minimum Gasteiger partial charge on any atom is -0.256 e. The molecule has 0 unspecified atom stereocenters. The van der Waals surface area contributed by atoms with E-state index in [9.17, 15) is 17.2 Å². The summed E-state index contributed by atoms with van der Waals surface area (Å²) in [6.07, 6.45) is 2.29. The van der Waals surface area contributed by atoms with E-state index in [1.807, 2.05) is 30.3 Å². The van der Waals surface area contributed by atoms with E-state index < -0.39 is 21.5 Å². The van der Waals surface area contributed by atoms with Crippen LogP contribution < -0.4 is 0 Å². The summed E-state index contributed by atoms with van der Waals surface area (Å²) in [5.74, 6) is -1.29. The topological polar surface area (TPSA) is 47.0 Å². The zero-order chi connectivity index (χ0) is 20.4. The SMILES string of the molecule is O=S(=O)(CCc1ccnc2ccccc12)c1ccc(Cc2ccc(F)cc2F)s1. The van der Waals surface area contributed by atoms with Gasteiger partial charge < -0.3 is 0 Å². The number of halogens is 2. The van der Waals surface area contributed by atoms with Crippen LogP contribution in [0.1, 0.15) is 16.0 Å². The summed E-state index contributed by atoms with van der Waals surface area (Å²) in [6.45, 7) is 0. The van der Waals surface area contributed by atoms with Gasteiger partial charge in [-0.1, -0.05) is 24.3 Å². The largest absolute Gasteiger partial charge is 0.256 e. The minimum atomic E-state index is -3.47. The summed E-state index contributed by atoms with van der Waals surface area (Å²) < 4.78 is 52.7. The van der Waals surface area contributed by atoms with Crippen molar-refractivity contribution >= 4 is 32.1 Å². The lowest BCUT2D eigenvalue weighted by Crippen LogP contribution is -2.08. The monoisotopic (exact) mass is 429 g/mol. The Morgan fingerprint density at radius 2 is 1.76 bits per heavy atom. The van der Waals surface area contributed by atoms with Crippen LogP contribution in [0.15, 0.2) is 71.1 Å². The van der Waals surface area contributed by atoms with Gasteiger partial charge in [-0.3, -0.25) is 4.98 Å². The number of thiophene rings is 1. The Labute approximate surface area is 171 Å². The highest BCUT2D eigenvalue weighted by Crippen LogP contribution is 2.27. The number of hydrogen-bond acceptors (Lipinski definition) is 4. The predicted octanol–water partition coefficient (Wildman–Crippen LogP) is 5.18. The van der Waals surface area contributed by atoms with Gasteiger partial charge in [0.2, 0.25) is 0 Å². The molecule has 0 aliphatic rings. The summed E-state index contributed by atoms with van der Waals surface area (Å²) in [5.41, 5.74) is 2.10. The molecule has 0 saturated heterocycles. The van der Waals surface area contributed by atoms with Gasteiger partial charge in [0, 0.05) is 28.9 Å². The second-order valence-electron chi connectivity index (χ2n) is 6.69. The number of hydrogen-bond donors (Lipinski definition) is 0. The molecule has 0 aliphatic carbocycles. The highest BCUT2D eigenvalue weighted by atomic mass is 32.2. The Hall–Kier alpha value is -2.64. The zero-order valence-corrected chi connectivity index (χ0v) is 16.9. The number of sulfone groups is 1. The zero-order valence-electron chi connectivity index (χ0n) is 15.3. The fourth-order valence-corrected chi connectivity index (χ4v) is 5.99. The van der Waals surface area contributed by atoms with Gasteiger partial charge in [-0.05, 0) is 47.9 Å². The quantitative estimate of drug-likeness (QED) is 0.424. The van der Waals surface area contributed by atoms with Crippen LogP contribution in [0.3, 0.4) is 0 Å². The third-order valence-corrected chi connectivity index (χ3v) is 8.09. The van der Waals surface area contributed by atoms with E-state index >= 15 is 0 Å². The highest BCUT2D eigenvalue weighted by molar-refractivity contribution is 7.93. The van der Waals surface area contributed by atoms with Crippen molar-refractivity contribution in [3.63, 3.8) is 0 Å². The predicted molar refractivity (Wildman–Crippen MR) is 111 cm³/mol. The molecule has 29 heavy (non-hydrogen) atoms. The van der Waals surface area contributed by atoms with Crippen molar-refractivity contribution in [1.29, 1.82) is 0 Å². The first kappa shape index (κ1) is 19.7. The third kappa shape index (κ3) is 4.36. The van der Waals surface area contributed by atoms with Crippen LogP contribution >= 0.6 is 11.3 Å². The summed E-state index contributed by atoms with van der Waals surface area (Å²) >= 11 is 1.13. The Morgan fingerprint density at radius 3 is 2.59 bits per heavy atom. The number of aryl methyl sites for hydroxylation is 1. The number of rotatable bonds is 6. The smallest absolute Gasteiger partial charge is 0.188 e. The van der Waals surface area contributed by atoms with Gasteiger partial charge in [-0.25, -0.2) is 17.2 Å². The van der Waals surface area contributed by atoms with E-state index in [1.165, 1.54) is 12.1 Å². The molecule has 0 amide bonds. The lowest BCUT2D eigenvalue weighted by molar-refractivity contribution is 0.575. The van der Waals surface area contributed by atoms with Gasteiger partial charge in [0.05, 0.1) is 11.3 Å². The van der Waals surface area contributed by atoms with Crippen molar-refractivity contribution in [2.75, 3.05) is 5.75 Å². The van der Waals surface area contributed by atoms with Crippen molar-refractivity contribution in [1.82, 2.24) is 4.98 Å². The van der Waals surface area contributed by atoms with Crippen molar-refractivity contribution < 1.29 is 17.2 Å². The fraction of sp³-hybridized carbons (Fsp3) is 0.136. The van der Waals surface area contributed by atoms with Crippen LogP contribution in [0.2, 0.25) is 0 Å². The van der Waals surface area contributed by atoms with Crippen LogP contribution in [0.4, 0.5) is 8.78 Å². The molecule has 2 heterocycles. The van der Waals surface area contributed by atoms with Crippen molar-refractivity contribution in [3.8, 4) is 0 Å². The molecule has 0 fully saturated rings. The average molecular weight is 430 g/mol. The normalized spacial score (nSPS) is 11.8. The molecule has 148 valence electrons. The van der Waals surface area contributed by atoms with Crippen LogP contribution in [0.25, 0.3) is 10.9 Å². The second-order valence-corrected chi connectivity index (χ2v) is 10.2. The van der Waals surface area contributed by atoms with Crippen LogP contribution in [0, 0.1) is 11.6 Å². The standard InChI is InChI=1S/C22H17F2NO2S2/c23-17-6-5-16(20(24)14-17)13-18-7-8-22(28-18)29(26,27)12-10-15-9-11-25-21-4-2-1-3-19(15)21/h1-9,11,14H,10,12-13H2. The van der Waals surface area contributed by atoms with Crippen LogP contribution in [-0.4, -0.2) is 19.2 Å². The molecule has 0 aliphatic heterocycles. The van der Waals surface area contributed by atoms with E-state index in [0.717, 1.165) is 33.9 Å². The molecule has 2 aromatic carbocycles. The van der Waals surface area contributed by atoms with Gasteiger partial charge >= 0.3 is 0 Å². The van der Waals surface area contributed by atoms with Gasteiger partial charge in [-0.2, -0.15) is 0 Å². The number of aromatic nitrogens is 1. The van der Waals surface area contributed by atoms with E-state index in [2.05, 4.69) is 4.98 Å². The molecule has 0 saturated carbocycles. The summed E-state index contributed by atoms with van der Waals surface area (Å²) in [5, 5.41) is 0.948. The average Bonchev–Trinajstić information content (AvgIpc) is 3.18. The molecule has 4 aromatic rings. The lowest BCUT2D eigenvalue weighted by Gasteiger charge is -2.06. The molecule has 7 heteroatoms. The minimum absolute atomic E-state index is 0.0220. The number of fused-ring (bicyclic) bond motifs is 1. The second kappa shape index (κ2) is 8.00. The first-order chi connectivity index (χ1) is 13.9. The van der Waals surface area contributed by atoms with E-state index in [1.54, 1.807) is 18.3 Å². The number of nitrogens with zero attached hydrogens (tertiary/aromatic N) is 1. The van der Waals surface area contributed by atoms with Gasteiger partial charge in [0.25, 0.3) is 0 Å². The molecule has 2 aromatic heterocycles. The van der Waals surface area contributed by atoms with Crippen molar-refractivity contribution in [3.05, 3.63) is 94.5 Å². The molecule has 4 rings (SSSR count). The van der Waals surface area contributed by atoms with Gasteiger partial charge in [-0.15, -0.1) is 11.3 Å². The molecule has 0 bridgehead atoms. The lowest BCUT2D eigenvalue weighted by atomic mass is 10.1. The Morgan fingerprint density at radius 1 is 0.931 bits per heavy atom. The fourth-order valence-electron chi connectivity index (χ4n) is 3.19. The molecule has 0 atom stereocenters. The Balaban J connectivity index is 1.51. The molecule has 3 nitrogen and oxygen atoms in total. The van der Waals surface area contributed by atoms with Crippen molar-refractivity contribution in [2.24, 2.45) is 0 Å². The summed E-state index contributed by atoms with van der Waals surface area (Å²) in [6, 6.07) is 16.1.